The minimum absolute atomic E-state index is 0.00417. The fraction of sp³-hybridized carbons (Fsp3) is 0.444. The second kappa shape index (κ2) is 4.29. The number of halogens is 3. The first-order valence-electron chi connectivity index (χ1n) is 8.12. The largest absolute Gasteiger partial charge is 0.418 e. The van der Waals surface area contributed by atoms with Crippen molar-refractivity contribution in [1.29, 1.82) is 0 Å². The summed E-state index contributed by atoms with van der Waals surface area (Å²) in [6.07, 6.45) is 0.425. The topological polar surface area (TPSA) is 37.4 Å². The summed E-state index contributed by atoms with van der Waals surface area (Å²) < 4.78 is 39.9. The van der Waals surface area contributed by atoms with Gasteiger partial charge < -0.3 is 0 Å². The minimum Gasteiger partial charge on any atom is -0.274 e. The van der Waals surface area contributed by atoms with Gasteiger partial charge in [-0.1, -0.05) is 24.3 Å². The summed E-state index contributed by atoms with van der Waals surface area (Å²) >= 11 is 0. The van der Waals surface area contributed by atoms with Gasteiger partial charge in [0, 0.05) is 0 Å². The lowest BCUT2D eigenvalue weighted by Gasteiger charge is -2.37. The van der Waals surface area contributed by atoms with Crippen LogP contribution in [0.4, 0.5) is 18.9 Å². The molecular weight excluding hydrogens is 319 g/mol. The van der Waals surface area contributed by atoms with Gasteiger partial charge in [-0.3, -0.25) is 9.59 Å². The Morgan fingerprint density at radius 2 is 1.46 bits per heavy atom. The predicted molar refractivity (Wildman–Crippen MR) is 78.6 cm³/mol. The standard InChI is InChI=1S/C18H14F3NO2/c19-18(20,21)12-3-1-2-4-13(12)22-16(23)14-8-5-6-9(11-7-10(8)11)15(14)17(22)24/h1-6,8-11,14-15H,7H2/t8-,9-,10-,11+,14-,15+/m0/s1. The molecule has 0 radical (unpaired) electrons. The van der Waals surface area contributed by atoms with Gasteiger partial charge in [-0.2, -0.15) is 13.2 Å². The average Bonchev–Trinajstić information content (AvgIpc) is 3.31. The normalized spacial score (nSPS) is 39.2. The zero-order valence-electron chi connectivity index (χ0n) is 12.5. The summed E-state index contributed by atoms with van der Waals surface area (Å²) in [6, 6.07) is 4.83. The first-order chi connectivity index (χ1) is 11.4. The SMILES string of the molecule is O=C1[C@@H]2[C@H]3C=C[C@@H]([C@@H]4C[C@H]34)[C@@H]2C(=O)N1c1ccccc1C(F)(F)F. The molecule has 2 amide bonds. The summed E-state index contributed by atoms with van der Waals surface area (Å²) in [5.74, 6) is -1.05. The van der Waals surface area contributed by atoms with E-state index in [9.17, 15) is 22.8 Å². The summed E-state index contributed by atoms with van der Waals surface area (Å²) in [5.41, 5.74) is -1.27. The van der Waals surface area contributed by atoms with Gasteiger partial charge in [-0.15, -0.1) is 0 Å². The molecular formula is C18H14F3NO2. The van der Waals surface area contributed by atoms with E-state index in [1.807, 2.05) is 12.2 Å². The molecule has 1 heterocycles. The molecule has 1 aromatic carbocycles. The number of alkyl halides is 3. The zero-order chi connectivity index (χ0) is 16.8. The molecule has 2 saturated carbocycles. The van der Waals surface area contributed by atoms with Crippen LogP contribution in [-0.2, 0) is 15.8 Å². The summed E-state index contributed by atoms with van der Waals surface area (Å²) in [4.78, 5) is 26.6. The lowest BCUT2D eigenvalue weighted by molar-refractivity contribution is -0.137. The van der Waals surface area contributed by atoms with Crippen LogP contribution in [0.15, 0.2) is 36.4 Å². The van der Waals surface area contributed by atoms with Crippen molar-refractivity contribution in [3.05, 3.63) is 42.0 Å². The van der Waals surface area contributed by atoms with E-state index in [0.717, 1.165) is 17.4 Å². The van der Waals surface area contributed by atoms with E-state index < -0.39 is 35.4 Å². The first-order valence-corrected chi connectivity index (χ1v) is 8.12. The number of amides is 2. The highest BCUT2D eigenvalue weighted by molar-refractivity contribution is 6.23. The quantitative estimate of drug-likeness (QED) is 0.584. The maximum Gasteiger partial charge on any atom is 0.418 e. The van der Waals surface area contributed by atoms with Crippen LogP contribution in [0.1, 0.15) is 12.0 Å². The van der Waals surface area contributed by atoms with Crippen molar-refractivity contribution < 1.29 is 22.8 Å². The monoisotopic (exact) mass is 333 g/mol. The van der Waals surface area contributed by atoms with Gasteiger partial charge in [0.15, 0.2) is 0 Å². The van der Waals surface area contributed by atoms with Crippen LogP contribution >= 0.6 is 0 Å². The molecule has 0 unspecified atom stereocenters. The fourth-order valence-electron chi connectivity index (χ4n) is 5.10. The third kappa shape index (κ3) is 1.63. The van der Waals surface area contributed by atoms with Crippen LogP contribution in [0.2, 0.25) is 0 Å². The minimum atomic E-state index is -4.61. The zero-order valence-corrected chi connectivity index (χ0v) is 12.5. The average molecular weight is 333 g/mol. The van der Waals surface area contributed by atoms with Crippen molar-refractivity contribution in [3.8, 4) is 0 Å². The highest BCUT2D eigenvalue weighted by Gasteiger charge is 2.67. The Kier molecular flexibility index (Phi) is 2.55. The van der Waals surface area contributed by atoms with Crippen LogP contribution in [0.5, 0.6) is 0 Å². The van der Waals surface area contributed by atoms with Crippen LogP contribution in [0, 0.1) is 35.5 Å². The first kappa shape index (κ1) is 14.3. The van der Waals surface area contributed by atoms with Crippen LogP contribution in [0.25, 0.3) is 0 Å². The maximum atomic E-state index is 13.3. The van der Waals surface area contributed by atoms with E-state index in [1.54, 1.807) is 0 Å². The lowest BCUT2D eigenvalue weighted by Crippen LogP contribution is -2.40. The van der Waals surface area contributed by atoms with Crippen molar-refractivity contribution >= 4 is 17.5 Å². The molecule has 2 bridgehead atoms. The number of nitrogens with zero attached hydrogens (tertiary/aromatic N) is 1. The molecule has 0 spiro atoms. The van der Waals surface area contributed by atoms with Gasteiger partial charge in [0.25, 0.3) is 0 Å². The molecule has 1 aliphatic heterocycles. The number of carbonyl (C=O) groups is 2. The number of allylic oxidation sites excluding steroid dienone is 2. The van der Waals surface area contributed by atoms with Crippen LogP contribution < -0.4 is 4.90 Å². The van der Waals surface area contributed by atoms with Gasteiger partial charge in [-0.25, -0.2) is 4.90 Å². The number of benzene rings is 1. The molecule has 6 atom stereocenters. The van der Waals surface area contributed by atoms with Gasteiger partial charge >= 0.3 is 6.18 Å². The molecule has 24 heavy (non-hydrogen) atoms. The Labute approximate surface area is 136 Å². The van der Waals surface area contributed by atoms with E-state index in [0.29, 0.717) is 11.8 Å². The van der Waals surface area contributed by atoms with Gasteiger partial charge in [-0.05, 0) is 42.2 Å². The molecule has 4 aliphatic carbocycles. The molecule has 124 valence electrons. The Morgan fingerprint density at radius 1 is 0.917 bits per heavy atom. The Bertz CT molecular complexity index is 764. The molecule has 3 fully saturated rings. The van der Waals surface area contributed by atoms with Crippen molar-refractivity contribution in [3.63, 3.8) is 0 Å². The summed E-state index contributed by atoms with van der Waals surface area (Å²) in [5, 5.41) is 0. The molecule has 0 N–H and O–H groups in total. The summed E-state index contributed by atoms with van der Waals surface area (Å²) in [6.45, 7) is 0. The second-order valence-corrected chi connectivity index (χ2v) is 7.18. The maximum absolute atomic E-state index is 13.3. The molecule has 6 heteroatoms. The van der Waals surface area contributed by atoms with Crippen molar-refractivity contribution in [1.82, 2.24) is 0 Å². The molecule has 6 rings (SSSR count). The number of hydrogen-bond donors (Lipinski definition) is 0. The van der Waals surface area contributed by atoms with E-state index in [-0.39, 0.29) is 17.5 Å². The molecule has 1 saturated heterocycles. The smallest absolute Gasteiger partial charge is 0.274 e. The highest BCUT2D eigenvalue weighted by Crippen LogP contribution is 2.65. The van der Waals surface area contributed by atoms with Crippen molar-refractivity contribution in [2.24, 2.45) is 35.5 Å². The number of carbonyl (C=O) groups excluding carboxylic acids is 2. The van der Waals surface area contributed by atoms with Crippen LogP contribution in [-0.4, -0.2) is 11.8 Å². The molecule has 5 aliphatic rings. The third-order valence-corrected chi connectivity index (χ3v) is 6.11. The third-order valence-electron chi connectivity index (χ3n) is 6.11. The van der Waals surface area contributed by atoms with Crippen molar-refractivity contribution in [2.75, 3.05) is 4.90 Å². The molecule has 0 aromatic heterocycles. The summed E-state index contributed by atoms with van der Waals surface area (Å²) in [7, 11) is 0. The number of para-hydroxylation sites is 1. The number of imide groups is 1. The Morgan fingerprint density at radius 3 is 2.00 bits per heavy atom. The number of rotatable bonds is 1. The van der Waals surface area contributed by atoms with Crippen molar-refractivity contribution in [2.45, 2.75) is 12.6 Å². The van der Waals surface area contributed by atoms with E-state index in [4.69, 9.17) is 0 Å². The molecule has 1 aromatic rings. The Balaban J connectivity index is 1.61. The highest BCUT2D eigenvalue weighted by atomic mass is 19.4. The predicted octanol–water partition coefficient (Wildman–Crippen LogP) is 3.26. The van der Waals surface area contributed by atoms with Crippen LogP contribution in [0.3, 0.4) is 0 Å². The van der Waals surface area contributed by atoms with Gasteiger partial charge in [0.2, 0.25) is 11.8 Å². The van der Waals surface area contributed by atoms with E-state index >= 15 is 0 Å². The van der Waals surface area contributed by atoms with Gasteiger partial charge in [0.05, 0.1) is 23.1 Å². The van der Waals surface area contributed by atoms with Gasteiger partial charge in [0.1, 0.15) is 0 Å². The fourth-order valence-corrected chi connectivity index (χ4v) is 5.10. The second-order valence-electron chi connectivity index (χ2n) is 7.18. The number of hydrogen-bond acceptors (Lipinski definition) is 2. The lowest BCUT2D eigenvalue weighted by atomic mass is 9.63. The molecule has 3 nitrogen and oxygen atoms in total. The van der Waals surface area contributed by atoms with E-state index in [2.05, 4.69) is 0 Å². The Hall–Kier alpha value is -2.11. The number of anilines is 1. The van der Waals surface area contributed by atoms with E-state index in [1.165, 1.54) is 18.2 Å².